The van der Waals surface area contributed by atoms with Crippen LogP contribution in [-0.2, 0) is 0 Å². The fourth-order valence-corrected chi connectivity index (χ4v) is 1.84. The lowest BCUT2D eigenvalue weighted by Crippen LogP contribution is -2.13. The Morgan fingerprint density at radius 1 is 1.25 bits per heavy atom. The van der Waals surface area contributed by atoms with Crippen molar-refractivity contribution in [1.82, 2.24) is 4.98 Å². The number of benzene rings is 1. The van der Waals surface area contributed by atoms with Gasteiger partial charge in [0.2, 0.25) is 0 Å². The van der Waals surface area contributed by atoms with Crippen molar-refractivity contribution in [2.24, 2.45) is 0 Å². The summed E-state index contributed by atoms with van der Waals surface area (Å²) in [7, 11) is 1.45. The largest absolute Gasteiger partial charge is 0.504 e. The summed E-state index contributed by atoms with van der Waals surface area (Å²) in [4.78, 5) is 16.4. The van der Waals surface area contributed by atoms with Gasteiger partial charge in [0.25, 0.3) is 5.91 Å². The first kappa shape index (κ1) is 13.9. The fraction of sp³-hybridized carbons (Fsp3) is 0.200. The number of methoxy groups -OCH3 is 1. The van der Waals surface area contributed by atoms with Crippen LogP contribution < -0.4 is 10.1 Å². The average molecular weight is 272 g/mol. The van der Waals surface area contributed by atoms with Gasteiger partial charge in [-0.1, -0.05) is 0 Å². The van der Waals surface area contributed by atoms with Crippen LogP contribution in [0.3, 0.4) is 0 Å². The highest BCUT2D eigenvalue weighted by atomic mass is 16.5. The number of carbonyl (C=O) groups is 1. The number of phenolic OH excluding ortho intramolecular Hbond substituents is 1. The van der Waals surface area contributed by atoms with Gasteiger partial charge in [-0.15, -0.1) is 0 Å². The highest BCUT2D eigenvalue weighted by Crippen LogP contribution is 2.26. The van der Waals surface area contributed by atoms with Gasteiger partial charge in [0, 0.05) is 11.3 Å². The number of ether oxygens (including phenoxy) is 1. The zero-order valence-electron chi connectivity index (χ0n) is 11.6. The molecule has 1 heterocycles. The third-order valence-corrected chi connectivity index (χ3v) is 2.91. The van der Waals surface area contributed by atoms with E-state index in [0.717, 1.165) is 11.4 Å². The van der Waals surface area contributed by atoms with Gasteiger partial charge >= 0.3 is 0 Å². The number of nitrogens with zero attached hydrogens (tertiary/aromatic N) is 1. The number of nitrogens with one attached hydrogen (secondary N) is 1. The van der Waals surface area contributed by atoms with E-state index in [1.165, 1.54) is 13.2 Å². The summed E-state index contributed by atoms with van der Waals surface area (Å²) in [5.74, 6) is -0.0506. The van der Waals surface area contributed by atoms with E-state index in [1.54, 1.807) is 18.2 Å². The molecule has 0 spiro atoms. The van der Waals surface area contributed by atoms with Gasteiger partial charge in [-0.25, -0.2) is 0 Å². The van der Waals surface area contributed by atoms with Crippen LogP contribution in [0.2, 0.25) is 0 Å². The molecule has 0 fully saturated rings. The van der Waals surface area contributed by atoms with E-state index in [9.17, 15) is 9.90 Å². The third kappa shape index (κ3) is 2.88. The standard InChI is InChI=1S/C15H16N2O3/c1-9-4-6-12(10(2)16-9)17-15(19)11-5-7-14(20-3)13(18)8-11/h4-8,18H,1-3H3,(H,17,19). The molecule has 0 unspecified atom stereocenters. The highest BCUT2D eigenvalue weighted by molar-refractivity contribution is 6.04. The number of aromatic nitrogens is 1. The molecule has 104 valence electrons. The minimum atomic E-state index is -0.309. The Morgan fingerprint density at radius 2 is 2.00 bits per heavy atom. The summed E-state index contributed by atoms with van der Waals surface area (Å²) in [5, 5.41) is 12.4. The molecule has 20 heavy (non-hydrogen) atoms. The molecular formula is C15H16N2O3. The van der Waals surface area contributed by atoms with Crippen LogP contribution in [0, 0.1) is 13.8 Å². The summed E-state index contributed by atoms with van der Waals surface area (Å²) in [6.07, 6.45) is 0. The van der Waals surface area contributed by atoms with Crippen molar-refractivity contribution in [1.29, 1.82) is 0 Å². The van der Waals surface area contributed by atoms with Crippen molar-refractivity contribution >= 4 is 11.6 Å². The quantitative estimate of drug-likeness (QED) is 0.901. The van der Waals surface area contributed by atoms with E-state index in [1.807, 2.05) is 19.9 Å². The van der Waals surface area contributed by atoms with Gasteiger partial charge in [-0.2, -0.15) is 0 Å². The third-order valence-electron chi connectivity index (χ3n) is 2.91. The Kier molecular flexibility index (Phi) is 3.89. The average Bonchev–Trinajstić information content (AvgIpc) is 2.41. The zero-order chi connectivity index (χ0) is 14.7. The molecule has 0 aliphatic carbocycles. The maximum absolute atomic E-state index is 12.1. The molecule has 2 rings (SSSR count). The molecule has 2 aromatic rings. The second-order valence-electron chi connectivity index (χ2n) is 4.43. The van der Waals surface area contributed by atoms with E-state index in [-0.39, 0.29) is 11.7 Å². The minimum absolute atomic E-state index is 0.0705. The number of hydrogen-bond donors (Lipinski definition) is 2. The van der Waals surface area contributed by atoms with E-state index in [2.05, 4.69) is 10.3 Å². The molecule has 1 aromatic heterocycles. The number of anilines is 1. The molecule has 5 heteroatoms. The molecule has 5 nitrogen and oxygen atoms in total. The normalized spacial score (nSPS) is 10.2. The van der Waals surface area contributed by atoms with Crippen LogP contribution in [0.4, 0.5) is 5.69 Å². The lowest BCUT2D eigenvalue weighted by atomic mass is 10.1. The molecule has 0 aliphatic heterocycles. The molecule has 0 saturated heterocycles. The molecule has 0 saturated carbocycles. The van der Waals surface area contributed by atoms with Crippen molar-refractivity contribution in [3.8, 4) is 11.5 Å². The summed E-state index contributed by atoms with van der Waals surface area (Å²) < 4.78 is 4.94. The van der Waals surface area contributed by atoms with Crippen molar-refractivity contribution in [3.05, 3.63) is 47.3 Å². The Hall–Kier alpha value is -2.56. The lowest BCUT2D eigenvalue weighted by Gasteiger charge is -2.09. The highest BCUT2D eigenvalue weighted by Gasteiger charge is 2.11. The van der Waals surface area contributed by atoms with Crippen LogP contribution in [0.1, 0.15) is 21.7 Å². The van der Waals surface area contributed by atoms with Crippen LogP contribution in [0.5, 0.6) is 11.5 Å². The van der Waals surface area contributed by atoms with E-state index < -0.39 is 0 Å². The topological polar surface area (TPSA) is 71.5 Å². The van der Waals surface area contributed by atoms with Crippen LogP contribution in [-0.4, -0.2) is 23.1 Å². The second kappa shape index (κ2) is 5.61. The summed E-state index contributed by atoms with van der Waals surface area (Å²) in [6, 6.07) is 8.13. The number of carbonyl (C=O) groups excluding carboxylic acids is 1. The molecular weight excluding hydrogens is 256 g/mol. The fourth-order valence-electron chi connectivity index (χ4n) is 1.84. The number of pyridine rings is 1. The van der Waals surface area contributed by atoms with Crippen molar-refractivity contribution < 1.29 is 14.6 Å². The molecule has 0 atom stereocenters. The van der Waals surface area contributed by atoms with E-state index >= 15 is 0 Å². The van der Waals surface area contributed by atoms with Crippen LogP contribution >= 0.6 is 0 Å². The van der Waals surface area contributed by atoms with Gasteiger partial charge < -0.3 is 15.2 Å². The Balaban J connectivity index is 2.21. The van der Waals surface area contributed by atoms with Gasteiger partial charge in [-0.3, -0.25) is 9.78 Å². The molecule has 0 bridgehead atoms. The second-order valence-corrected chi connectivity index (χ2v) is 4.43. The maximum atomic E-state index is 12.1. The Bertz CT molecular complexity index is 654. The molecule has 0 aliphatic rings. The van der Waals surface area contributed by atoms with E-state index in [0.29, 0.717) is 17.0 Å². The number of rotatable bonds is 3. The lowest BCUT2D eigenvalue weighted by molar-refractivity contribution is 0.102. The molecule has 2 N–H and O–H groups in total. The predicted molar refractivity (Wildman–Crippen MR) is 76.3 cm³/mol. The summed E-state index contributed by atoms with van der Waals surface area (Å²) in [5.41, 5.74) is 2.64. The molecule has 0 radical (unpaired) electrons. The summed E-state index contributed by atoms with van der Waals surface area (Å²) >= 11 is 0. The molecule has 1 aromatic carbocycles. The number of phenols is 1. The summed E-state index contributed by atoms with van der Waals surface area (Å²) in [6.45, 7) is 3.72. The predicted octanol–water partition coefficient (Wildman–Crippen LogP) is 2.66. The minimum Gasteiger partial charge on any atom is -0.504 e. The number of amides is 1. The smallest absolute Gasteiger partial charge is 0.255 e. The van der Waals surface area contributed by atoms with Crippen LogP contribution in [0.25, 0.3) is 0 Å². The van der Waals surface area contributed by atoms with Crippen molar-refractivity contribution in [2.75, 3.05) is 12.4 Å². The van der Waals surface area contributed by atoms with Gasteiger partial charge in [0.05, 0.1) is 18.5 Å². The Labute approximate surface area is 117 Å². The van der Waals surface area contributed by atoms with Gasteiger partial charge in [-0.05, 0) is 44.2 Å². The number of aryl methyl sites for hydroxylation is 2. The monoisotopic (exact) mass is 272 g/mol. The zero-order valence-corrected chi connectivity index (χ0v) is 11.6. The first-order valence-electron chi connectivity index (χ1n) is 6.14. The molecule has 1 amide bonds. The number of hydrogen-bond acceptors (Lipinski definition) is 4. The van der Waals surface area contributed by atoms with Crippen molar-refractivity contribution in [3.63, 3.8) is 0 Å². The van der Waals surface area contributed by atoms with E-state index in [4.69, 9.17) is 4.74 Å². The Morgan fingerprint density at radius 3 is 2.60 bits per heavy atom. The first-order chi connectivity index (χ1) is 9.51. The number of aromatic hydroxyl groups is 1. The maximum Gasteiger partial charge on any atom is 0.255 e. The first-order valence-corrected chi connectivity index (χ1v) is 6.14. The van der Waals surface area contributed by atoms with Gasteiger partial charge in [0.15, 0.2) is 11.5 Å². The van der Waals surface area contributed by atoms with Gasteiger partial charge in [0.1, 0.15) is 0 Å². The van der Waals surface area contributed by atoms with Crippen molar-refractivity contribution in [2.45, 2.75) is 13.8 Å². The SMILES string of the molecule is COc1ccc(C(=O)Nc2ccc(C)nc2C)cc1O. The van der Waals surface area contributed by atoms with Crippen LogP contribution in [0.15, 0.2) is 30.3 Å².